The van der Waals surface area contributed by atoms with Crippen molar-refractivity contribution in [3.8, 4) is 0 Å². The van der Waals surface area contributed by atoms with Crippen LogP contribution >= 0.6 is 0 Å². The van der Waals surface area contributed by atoms with E-state index in [2.05, 4.69) is 28.4 Å². The summed E-state index contributed by atoms with van der Waals surface area (Å²) < 4.78 is 7.29. The van der Waals surface area contributed by atoms with Gasteiger partial charge in [0.2, 0.25) is 0 Å². The van der Waals surface area contributed by atoms with E-state index in [-0.39, 0.29) is 6.04 Å². The summed E-state index contributed by atoms with van der Waals surface area (Å²) in [4.78, 5) is 6.48. The van der Waals surface area contributed by atoms with Gasteiger partial charge in [0, 0.05) is 31.4 Å². The van der Waals surface area contributed by atoms with Gasteiger partial charge in [0.1, 0.15) is 0 Å². The molecule has 0 fully saturated rings. The molecule has 19 heavy (non-hydrogen) atoms. The second kappa shape index (κ2) is 6.54. The summed E-state index contributed by atoms with van der Waals surface area (Å²) in [5.41, 5.74) is 8.28. The molecule has 5 heteroatoms. The van der Waals surface area contributed by atoms with Crippen molar-refractivity contribution in [2.45, 2.75) is 32.5 Å². The SMILES string of the molecule is CCCn1cncc1C(CN)N(C)Cc1ccoc1. The molecule has 0 saturated heterocycles. The highest BCUT2D eigenvalue weighted by Gasteiger charge is 2.19. The van der Waals surface area contributed by atoms with Crippen molar-refractivity contribution in [2.75, 3.05) is 13.6 Å². The quantitative estimate of drug-likeness (QED) is 0.829. The van der Waals surface area contributed by atoms with Crippen molar-refractivity contribution in [1.82, 2.24) is 14.5 Å². The van der Waals surface area contributed by atoms with Crippen LogP contribution < -0.4 is 5.73 Å². The van der Waals surface area contributed by atoms with Crippen LogP contribution in [0.25, 0.3) is 0 Å². The molecule has 0 radical (unpaired) electrons. The van der Waals surface area contributed by atoms with E-state index in [9.17, 15) is 0 Å². The first-order valence-electron chi connectivity index (χ1n) is 6.67. The monoisotopic (exact) mass is 262 g/mol. The van der Waals surface area contributed by atoms with Crippen LogP contribution in [0.3, 0.4) is 0 Å². The smallest absolute Gasteiger partial charge is 0.0948 e. The van der Waals surface area contributed by atoms with Crippen LogP contribution in [0.1, 0.15) is 30.6 Å². The summed E-state index contributed by atoms with van der Waals surface area (Å²) in [6.45, 7) is 4.53. The second-order valence-corrected chi connectivity index (χ2v) is 4.81. The number of hydrogen-bond donors (Lipinski definition) is 1. The van der Waals surface area contributed by atoms with E-state index in [1.165, 1.54) is 5.69 Å². The molecule has 0 aliphatic rings. The lowest BCUT2D eigenvalue weighted by Crippen LogP contribution is -2.31. The van der Waals surface area contributed by atoms with Gasteiger partial charge in [0.15, 0.2) is 0 Å². The number of aryl methyl sites for hydroxylation is 1. The fraction of sp³-hybridized carbons (Fsp3) is 0.500. The largest absolute Gasteiger partial charge is 0.472 e. The molecular weight excluding hydrogens is 240 g/mol. The molecule has 0 bridgehead atoms. The van der Waals surface area contributed by atoms with E-state index in [0.29, 0.717) is 6.54 Å². The van der Waals surface area contributed by atoms with Crippen molar-refractivity contribution in [2.24, 2.45) is 5.73 Å². The van der Waals surface area contributed by atoms with Gasteiger partial charge in [-0.15, -0.1) is 0 Å². The number of imidazole rings is 1. The molecule has 2 heterocycles. The number of nitrogens with two attached hydrogens (primary N) is 1. The van der Waals surface area contributed by atoms with Gasteiger partial charge >= 0.3 is 0 Å². The van der Waals surface area contributed by atoms with E-state index < -0.39 is 0 Å². The third kappa shape index (κ3) is 3.24. The molecule has 0 saturated carbocycles. The third-order valence-corrected chi connectivity index (χ3v) is 3.32. The molecule has 5 nitrogen and oxygen atoms in total. The summed E-state index contributed by atoms with van der Waals surface area (Å²) in [6, 6.07) is 2.15. The molecule has 2 rings (SSSR count). The Balaban J connectivity index is 2.12. The summed E-state index contributed by atoms with van der Waals surface area (Å²) in [7, 11) is 2.08. The lowest BCUT2D eigenvalue weighted by molar-refractivity contribution is 0.231. The Kier molecular flexibility index (Phi) is 4.76. The van der Waals surface area contributed by atoms with Crippen molar-refractivity contribution in [3.63, 3.8) is 0 Å². The molecule has 0 aromatic carbocycles. The summed E-state index contributed by atoms with van der Waals surface area (Å²) in [6.07, 6.45) is 8.35. The number of likely N-dealkylation sites (N-methyl/N-ethyl adjacent to an activating group) is 1. The van der Waals surface area contributed by atoms with Gasteiger partial charge in [-0.3, -0.25) is 4.90 Å². The molecule has 0 amide bonds. The van der Waals surface area contributed by atoms with E-state index in [4.69, 9.17) is 10.2 Å². The summed E-state index contributed by atoms with van der Waals surface area (Å²) in [5.74, 6) is 0. The number of hydrogen-bond acceptors (Lipinski definition) is 4. The molecule has 1 atom stereocenters. The van der Waals surface area contributed by atoms with Gasteiger partial charge in [-0.1, -0.05) is 6.92 Å². The highest BCUT2D eigenvalue weighted by molar-refractivity contribution is 5.09. The van der Waals surface area contributed by atoms with Gasteiger partial charge in [-0.05, 0) is 19.5 Å². The Morgan fingerprint density at radius 2 is 2.37 bits per heavy atom. The maximum Gasteiger partial charge on any atom is 0.0948 e. The predicted molar refractivity (Wildman–Crippen MR) is 74.5 cm³/mol. The first kappa shape index (κ1) is 13.8. The predicted octanol–water partition coefficient (Wildman–Crippen LogP) is 2.02. The van der Waals surface area contributed by atoms with Gasteiger partial charge < -0.3 is 14.7 Å². The Morgan fingerprint density at radius 1 is 1.53 bits per heavy atom. The summed E-state index contributed by atoms with van der Waals surface area (Å²) in [5, 5.41) is 0. The van der Waals surface area contributed by atoms with Crippen LogP contribution in [0.4, 0.5) is 0 Å². The molecule has 2 aromatic heterocycles. The Morgan fingerprint density at radius 3 is 3.00 bits per heavy atom. The lowest BCUT2D eigenvalue weighted by Gasteiger charge is -2.27. The van der Waals surface area contributed by atoms with Gasteiger partial charge in [-0.2, -0.15) is 0 Å². The number of rotatable bonds is 7. The van der Waals surface area contributed by atoms with Gasteiger partial charge in [-0.25, -0.2) is 4.98 Å². The molecular formula is C14H22N4O. The zero-order chi connectivity index (χ0) is 13.7. The van der Waals surface area contributed by atoms with E-state index in [0.717, 1.165) is 25.1 Å². The minimum atomic E-state index is 0.170. The minimum absolute atomic E-state index is 0.170. The fourth-order valence-corrected chi connectivity index (χ4v) is 2.34. The standard InChI is InChI=1S/C14H22N4O/c1-3-5-18-11-16-8-14(18)13(7-15)17(2)9-12-4-6-19-10-12/h4,6,8,10-11,13H,3,5,7,9,15H2,1-2H3. The van der Waals surface area contributed by atoms with Crippen LogP contribution in [-0.2, 0) is 13.1 Å². The number of nitrogens with zero attached hydrogens (tertiary/aromatic N) is 3. The zero-order valence-electron chi connectivity index (χ0n) is 11.6. The maximum atomic E-state index is 5.95. The van der Waals surface area contributed by atoms with Crippen molar-refractivity contribution in [1.29, 1.82) is 0 Å². The van der Waals surface area contributed by atoms with Crippen molar-refractivity contribution >= 4 is 0 Å². The third-order valence-electron chi connectivity index (χ3n) is 3.32. The first-order chi connectivity index (χ1) is 9.26. The van der Waals surface area contributed by atoms with E-state index >= 15 is 0 Å². The van der Waals surface area contributed by atoms with Crippen molar-refractivity contribution < 1.29 is 4.42 Å². The topological polar surface area (TPSA) is 60.2 Å². The van der Waals surface area contributed by atoms with Gasteiger partial charge in [0.25, 0.3) is 0 Å². The summed E-state index contributed by atoms with van der Waals surface area (Å²) >= 11 is 0. The van der Waals surface area contributed by atoms with Crippen LogP contribution in [0, 0.1) is 0 Å². The average Bonchev–Trinajstić information content (AvgIpc) is 3.03. The number of furan rings is 1. The van der Waals surface area contributed by atoms with Crippen LogP contribution in [0.5, 0.6) is 0 Å². The Hall–Kier alpha value is -1.59. The Labute approximate surface area is 114 Å². The molecule has 2 N–H and O–H groups in total. The maximum absolute atomic E-state index is 5.95. The molecule has 0 aliphatic carbocycles. The molecule has 2 aromatic rings. The van der Waals surface area contributed by atoms with Crippen LogP contribution in [-0.4, -0.2) is 28.0 Å². The average molecular weight is 262 g/mol. The van der Waals surface area contributed by atoms with Crippen LogP contribution in [0.15, 0.2) is 35.5 Å². The zero-order valence-corrected chi connectivity index (χ0v) is 11.6. The molecule has 1 unspecified atom stereocenters. The van der Waals surface area contributed by atoms with Crippen LogP contribution in [0.2, 0.25) is 0 Å². The first-order valence-corrected chi connectivity index (χ1v) is 6.67. The molecule has 0 spiro atoms. The normalized spacial score (nSPS) is 13.1. The Bertz CT molecular complexity index is 477. The second-order valence-electron chi connectivity index (χ2n) is 4.81. The minimum Gasteiger partial charge on any atom is -0.472 e. The fourth-order valence-electron chi connectivity index (χ4n) is 2.34. The lowest BCUT2D eigenvalue weighted by atomic mass is 10.1. The van der Waals surface area contributed by atoms with Gasteiger partial charge in [0.05, 0.1) is 30.6 Å². The van der Waals surface area contributed by atoms with E-state index in [1.807, 2.05) is 18.6 Å². The highest BCUT2D eigenvalue weighted by atomic mass is 16.3. The number of aromatic nitrogens is 2. The van der Waals surface area contributed by atoms with Crippen molar-refractivity contribution in [3.05, 3.63) is 42.4 Å². The molecule has 104 valence electrons. The highest BCUT2D eigenvalue weighted by Crippen LogP contribution is 2.20. The molecule has 0 aliphatic heterocycles. The van der Waals surface area contributed by atoms with E-state index in [1.54, 1.807) is 12.5 Å².